The lowest BCUT2D eigenvalue weighted by Crippen LogP contribution is -2.36. The van der Waals surface area contributed by atoms with Gasteiger partial charge >= 0.3 is 0 Å². The highest BCUT2D eigenvalue weighted by Gasteiger charge is 2.23. The Morgan fingerprint density at radius 1 is 1.16 bits per heavy atom. The molecule has 19 heavy (non-hydrogen) atoms. The van der Waals surface area contributed by atoms with Crippen molar-refractivity contribution >= 4 is 22.4 Å². The van der Waals surface area contributed by atoms with Crippen LogP contribution < -0.4 is 5.32 Å². The Balaban J connectivity index is 2.30. The van der Waals surface area contributed by atoms with E-state index in [4.69, 9.17) is 5.11 Å². The second kappa shape index (κ2) is 4.99. The molecule has 0 heterocycles. The van der Waals surface area contributed by atoms with E-state index >= 15 is 0 Å². The quantitative estimate of drug-likeness (QED) is 0.790. The Morgan fingerprint density at radius 2 is 1.79 bits per heavy atom. The van der Waals surface area contributed by atoms with Gasteiger partial charge in [0.05, 0.1) is 6.61 Å². The number of carbonyl (C=O) groups excluding carboxylic acids is 1. The molecule has 0 atom stereocenters. The van der Waals surface area contributed by atoms with Gasteiger partial charge in [-0.2, -0.15) is 0 Å². The first-order chi connectivity index (χ1) is 8.90. The molecule has 0 aromatic heterocycles. The first-order valence-corrected chi connectivity index (χ1v) is 6.07. The van der Waals surface area contributed by atoms with Crippen molar-refractivity contribution in [3.63, 3.8) is 0 Å². The Hall–Kier alpha value is -1.91. The minimum Gasteiger partial charge on any atom is -0.392 e. The first-order valence-electron chi connectivity index (χ1n) is 6.07. The van der Waals surface area contributed by atoms with Crippen LogP contribution in [0, 0.1) is 0 Å². The van der Waals surface area contributed by atoms with Gasteiger partial charge < -0.3 is 15.5 Å². The molecule has 0 saturated carbocycles. The summed E-state index contributed by atoms with van der Waals surface area (Å²) in [6.45, 7) is 2.89. The van der Waals surface area contributed by atoms with E-state index in [1.54, 1.807) is 6.07 Å². The SMILES string of the molecule is CC(C)(O)C(=O)Nc1ccc2cc(CO)ccc2c1. The average molecular weight is 259 g/mol. The molecule has 4 heteroatoms. The summed E-state index contributed by atoms with van der Waals surface area (Å²) >= 11 is 0. The van der Waals surface area contributed by atoms with Crippen LogP contribution in [0.5, 0.6) is 0 Å². The third-order valence-corrected chi connectivity index (χ3v) is 2.90. The van der Waals surface area contributed by atoms with Gasteiger partial charge in [0, 0.05) is 5.69 Å². The van der Waals surface area contributed by atoms with Crippen LogP contribution in [-0.4, -0.2) is 21.7 Å². The lowest BCUT2D eigenvalue weighted by molar-refractivity contribution is -0.130. The van der Waals surface area contributed by atoms with Crippen LogP contribution in [0.25, 0.3) is 10.8 Å². The van der Waals surface area contributed by atoms with Crippen molar-refractivity contribution in [2.75, 3.05) is 5.32 Å². The largest absolute Gasteiger partial charge is 0.392 e. The van der Waals surface area contributed by atoms with Crippen LogP contribution in [0.4, 0.5) is 5.69 Å². The fourth-order valence-electron chi connectivity index (χ4n) is 1.76. The summed E-state index contributed by atoms with van der Waals surface area (Å²) in [4.78, 5) is 11.7. The molecule has 1 amide bonds. The normalized spacial score (nSPS) is 11.6. The fraction of sp³-hybridized carbons (Fsp3) is 0.267. The molecule has 2 aromatic rings. The molecule has 2 rings (SSSR count). The van der Waals surface area contributed by atoms with Crippen molar-refractivity contribution in [1.82, 2.24) is 0 Å². The number of nitrogens with one attached hydrogen (secondary N) is 1. The summed E-state index contributed by atoms with van der Waals surface area (Å²) in [5.74, 6) is -0.446. The zero-order valence-electron chi connectivity index (χ0n) is 11.0. The molecule has 0 aliphatic carbocycles. The highest BCUT2D eigenvalue weighted by atomic mass is 16.3. The van der Waals surface area contributed by atoms with Gasteiger partial charge in [-0.25, -0.2) is 0 Å². The summed E-state index contributed by atoms with van der Waals surface area (Å²) in [5, 5.41) is 23.3. The number of hydrogen-bond acceptors (Lipinski definition) is 3. The summed E-state index contributed by atoms with van der Waals surface area (Å²) in [7, 11) is 0. The highest BCUT2D eigenvalue weighted by Crippen LogP contribution is 2.21. The van der Waals surface area contributed by atoms with Crippen molar-refractivity contribution < 1.29 is 15.0 Å². The van der Waals surface area contributed by atoms with Gasteiger partial charge in [-0.15, -0.1) is 0 Å². The molecule has 0 aliphatic rings. The summed E-state index contributed by atoms with van der Waals surface area (Å²) in [5.41, 5.74) is 0.0764. The molecular weight excluding hydrogens is 242 g/mol. The maximum atomic E-state index is 11.7. The minimum absolute atomic E-state index is 0.00707. The molecule has 0 bridgehead atoms. The maximum Gasteiger partial charge on any atom is 0.255 e. The predicted octanol–water partition coefficient (Wildman–Crippen LogP) is 2.04. The van der Waals surface area contributed by atoms with Crippen molar-refractivity contribution in [2.24, 2.45) is 0 Å². The Labute approximate surface area is 111 Å². The zero-order chi connectivity index (χ0) is 14.0. The summed E-state index contributed by atoms with van der Waals surface area (Å²) in [6.07, 6.45) is 0. The fourth-order valence-corrected chi connectivity index (χ4v) is 1.76. The molecule has 0 unspecified atom stereocenters. The van der Waals surface area contributed by atoms with Gasteiger partial charge in [-0.1, -0.05) is 18.2 Å². The molecule has 0 spiro atoms. The van der Waals surface area contributed by atoms with Gasteiger partial charge in [0.1, 0.15) is 5.60 Å². The molecule has 3 N–H and O–H groups in total. The first kappa shape index (κ1) is 13.5. The van der Waals surface area contributed by atoms with E-state index in [-0.39, 0.29) is 6.61 Å². The second-order valence-corrected chi connectivity index (χ2v) is 5.07. The lowest BCUT2D eigenvalue weighted by atomic mass is 10.1. The molecule has 0 aliphatic heterocycles. The molecular formula is C15H17NO3. The van der Waals surface area contributed by atoms with Gasteiger partial charge in [-0.3, -0.25) is 4.79 Å². The standard InChI is InChI=1S/C15H17NO3/c1-15(2,19)14(18)16-13-6-5-11-7-10(9-17)3-4-12(11)8-13/h3-8,17,19H,9H2,1-2H3,(H,16,18). The minimum atomic E-state index is -1.41. The van der Waals surface area contributed by atoms with E-state index in [9.17, 15) is 9.90 Å². The van der Waals surface area contributed by atoms with Gasteiger partial charge in [0.25, 0.3) is 5.91 Å². The maximum absolute atomic E-state index is 11.7. The molecule has 2 aromatic carbocycles. The number of carbonyl (C=O) groups is 1. The number of hydrogen-bond donors (Lipinski definition) is 3. The lowest BCUT2D eigenvalue weighted by Gasteiger charge is -2.16. The van der Waals surface area contributed by atoms with E-state index in [2.05, 4.69) is 5.32 Å². The van der Waals surface area contributed by atoms with Gasteiger partial charge in [0.2, 0.25) is 0 Å². The molecule has 0 fully saturated rings. The van der Waals surface area contributed by atoms with E-state index in [0.29, 0.717) is 5.69 Å². The summed E-state index contributed by atoms with van der Waals surface area (Å²) < 4.78 is 0. The van der Waals surface area contributed by atoms with Crippen molar-refractivity contribution in [3.05, 3.63) is 42.0 Å². The molecule has 4 nitrogen and oxygen atoms in total. The van der Waals surface area contributed by atoms with Gasteiger partial charge in [0.15, 0.2) is 0 Å². The van der Waals surface area contributed by atoms with Crippen LogP contribution in [0.15, 0.2) is 36.4 Å². The number of fused-ring (bicyclic) bond motifs is 1. The van der Waals surface area contributed by atoms with E-state index in [1.165, 1.54) is 13.8 Å². The second-order valence-electron chi connectivity index (χ2n) is 5.07. The number of amides is 1. The number of benzene rings is 2. The molecule has 0 radical (unpaired) electrons. The third kappa shape index (κ3) is 3.10. The highest BCUT2D eigenvalue weighted by molar-refractivity contribution is 5.98. The van der Waals surface area contributed by atoms with Crippen LogP contribution in [0.1, 0.15) is 19.4 Å². The Morgan fingerprint density at radius 3 is 2.42 bits per heavy atom. The topological polar surface area (TPSA) is 69.6 Å². The Kier molecular flexibility index (Phi) is 3.55. The van der Waals surface area contributed by atoms with Crippen molar-refractivity contribution in [2.45, 2.75) is 26.1 Å². The zero-order valence-corrected chi connectivity index (χ0v) is 11.0. The average Bonchev–Trinajstić information content (AvgIpc) is 2.37. The predicted molar refractivity (Wildman–Crippen MR) is 74.8 cm³/mol. The van der Waals surface area contributed by atoms with E-state index in [1.807, 2.05) is 30.3 Å². The van der Waals surface area contributed by atoms with E-state index in [0.717, 1.165) is 16.3 Å². The van der Waals surface area contributed by atoms with Crippen molar-refractivity contribution in [3.8, 4) is 0 Å². The molecule has 100 valence electrons. The van der Waals surface area contributed by atoms with Gasteiger partial charge in [-0.05, 0) is 48.4 Å². The third-order valence-electron chi connectivity index (χ3n) is 2.90. The summed E-state index contributed by atoms with van der Waals surface area (Å²) in [6, 6.07) is 11.1. The number of aliphatic hydroxyl groups is 2. The van der Waals surface area contributed by atoms with Crippen LogP contribution in [-0.2, 0) is 11.4 Å². The Bertz CT molecular complexity index is 614. The number of rotatable bonds is 3. The van der Waals surface area contributed by atoms with Crippen LogP contribution in [0.3, 0.4) is 0 Å². The smallest absolute Gasteiger partial charge is 0.255 e. The van der Waals surface area contributed by atoms with Crippen LogP contribution in [0.2, 0.25) is 0 Å². The van der Waals surface area contributed by atoms with Crippen LogP contribution >= 0.6 is 0 Å². The molecule has 0 saturated heterocycles. The van der Waals surface area contributed by atoms with Crippen molar-refractivity contribution in [1.29, 1.82) is 0 Å². The monoisotopic (exact) mass is 259 g/mol. The number of aliphatic hydroxyl groups excluding tert-OH is 1. The van der Waals surface area contributed by atoms with E-state index < -0.39 is 11.5 Å². The number of anilines is 1.